The molecule has 0 spiro atoms. The molecule has 14 heavy (non-hydrogen) atoms. The van der Waals surface area contributed by atoms with Crippen molar-refractivity contribution in [1.29, 1.82) is 0 Å². The lowest BCUT2D eigenvalue weighted by Crippen LogP contribution is -2.28. The van der Waals surface area contributed by atoms with Crippen LogP contribution in [0.25, 0.3) is 0 Å². The molecule has 78 valence electrons. The van der Waals surface area contributed by atoms with E-state index in [0.29, 0.717) is 0 Å². The molecule has 6 heteroatoms. The van der Waals surface area contributed by atoms with E-state index in [-0.39, 0.29) is 18.3 Å². The molecule has 0 bridgehead atoms. The summed E-state index contributed by atoms with van der Waals surface area (Å²) in [7, 11) is 1.57. The molecule has 0 atom stereocenters. The molecule has 6 nitrogen and oxygen atoms in total. The van der Waals surface area contributed by atoms with Crippen molar-refractivity contribution in [2.24, 2.45) is 7.05 Å². The van der Waals surface area contributed by atoms with Gasteiger partial charge in [0.15, 0.2) is 0 Å². The molecule has 0 aliphatic heterocycles. The summed E-state index contributed by atoms with van der Waals surface area (Å²) in [5.41, 5.74) is -0.328. The van der Waals surface area contributed by atoms with Crippen LogP contribution in [0.2, 0.25) is 0 Å². The second-order valence-electron chi connectivity index (χ2n) is 3.22. The molecule has 1 rings (SSSR count). The molecule has 0 radical (unpaired) electrons. The molecule has 1 aromatic heterocycles. The molecule has 0 saturated heterocycles. The van der Waals surface area contributed by atoms with E-state index < -0.39 is 5.97 Å². The van der Waals surface area contributed by atoms with Crippen LogP contribution in [0.15, 0.2) is 11.1 Å². The molecular formula is C8H13N3O3. The van der Waals surface area contributed by atoms with Crippen molar-refractivity contribution in [1.82, 2.24) is 14.3 Å². The number of hydrogen-bond donors (Lipinski definition) is 0. The van der Waals surface area contributed by atoms with Crippen LogP contribution < -0.4 is 5.69 Å². The number of hydrogen-bond acceptors (Lipinski definition) is 4. The normalized spacial score (nSPS) is 10.6. The van der Waals surface area contributed by atoms with Gasteiger partial charge in [-0.25, -0.2) is 9.48 Å². The predicted molar refractivity (Wildman–Crippen MR) is 48.7 cm³/mol. The maximum absolute atomic E-state index is 11.2. The Morgan fingerprint density at radius 3 is 2.71 bits per heavy atom. The second-order valence-corrected chi connectivity index (χ2v) is 3.22. The first kappa shape index (κ1) is 10.5. The number of carbonyl (C=O) groups excluding carboxylic acids is 1. The minimum Gasteiger partial charge on any atom is -0.462 e. The Labute approximate surface area is 81.1 Å². The highest BCUT2D eigenvalue weighted by molar-refractivity contribution is 5.69. The van der Waals surface area contributed by atoms with Crippen molar-refractivity contribution in [3.63, 3.8) is 0 Å². The van der Waals surface area contributed by atoms with Gasteiger partial charge in [0, 0.05) is 7.05 Å². The topological polar surface area (TPSA) is 66.1 Å². The monoisotopic (exact) mass is 199 g/mol. The third-order valence-electron chi connectivity index (χ3n) is 1.53. The summed E-state index contributed by atoms with van der Waals surface area (Å²) in [6.07, 6.45) is 1.17. The van der Waals surface area contributed by atoms with E-state index in [1.807, 2.05) is 0 Å². The van der Waals surface area contributed by atoms with Gasteiger partial charge in [-0.2, -0.15) is 5.10 Å². The Morgan fingerprint density at radius 2 is 2.29 bits per heavy atom. The van der Waals surface area contributed by atoms with Gasteiger partial charge in [-0.15, -0.1) is 0 Å². The van der Waals surface area contributed by atoms with Crippen LogP contribution in [0.3, 0.4) is 0 Å². The van der Waals surface area contributed by atoms with Crippen LogP contribution in [0.1, 0.15) is 13.8 Å². The molecule has 0 fully saturated rings. The number of ether oxygens (including phenoxy) is 1. The second kappa shape index (κ2) is 4.08. The Kier molecular flexibility index (Phi) is 3.06. The van der Waals surface area contributed by atoms with Gasteiger partial charge >= 0.3 is 11.7 Å². The van der Waals surface area contributed by atoms with Crippen LogP contribution in [-0.2, 0) is 23.1 Å². The van der Waals surface area contributed by atoms with Crippen molar-refractivity contribution in [2.75, 3.05) is 0 Å². The number of carbonyl (C=O) groups is 1. The molecule has 0 saturated carbocycles. The average Bonchev–Trinajstić information content (AvgIpc) is 2.34. The molecule has 0 unspecified atom stereocenters. The maximum Gasteiger partial charge on any atom is 0.345 e. The highest BCUT2D eigenvalue weighted by Gasteiger charge is 2.09. The number of aryl methyl sites for hydroxylation is 1. The van der Waals surface area contributed by atoms with Crippen molar-refractivity contribution in [3.8, 4) is 0 Å². The molecule has 0 aliphatic rings. The number of esters is 1. The number of nitrogens with zero attached hydrogens (tertiary/aromatic N) is 3. The molecule has 1 aromatic rings. The number of aromatic nitrogens is 3. The van der Waals surface area contributed by atoms with E-state index in [1.54, 1.807) is 20.9 Å². The lowest BCUT2D eigenvalue weighted by Gasteiger charge is -2.06. The van der Waals surface area contributed by atoms with Crippen LogP contribution in [0.4, 0.5) is 0 Å². The van der Waals surface area contributed by atoms with E-state index in [2.05, 4.69) is 5.10 Å². The molecule has 0 amide bonds. The third kappa shape index (κ3) is 2.45. The van der Waals surface area contributed by atoms with Crippen LogP contribution in [0, 0.1) is 0 Å². The summed E-state index contributed by atoms with van der Waals surface area (Å²) in [5, 5.41) is 3.73. The Balaban J connectivity index is 2.65. The molecule has 1 heterocycles. The van der Waals surface area contributed by atoms with Gasteiger partial charge < -0.3 is 4.74 Å². The predicted octanol–water partition coefficient (Wildman–Crippen LogP) is -0.467. The van der Waals surface area contributed by atoms with Crippen molar-refractivity contribution in [3.05, 3.63) is 16.8 Å². The molecule has 0 aromatic carbocycles. The molecule has 0 N–H and O–H groups in total. The smallest absolute Gasteiger partial charge is 0.345 e. The van der Waals surface area contributed by atoms with Gasteiger partial charge in [0.25, 0.3) is 0 Å². The zero-order chi connectivity index (χ0) is 10.7. The minimum atomic E-state index is -0.458. The molecular weight excluding hydrogens is 186 g/mol. The van der Waals surface area contributed by atoms with Gasteiger partial charge in [0.2, 0.25) is 0 Å². The van der Waals surface area contributed by atoms with E-state index >= 15 is 0 Å². The van der Waals surface area contributed by atoms with Gasteiger partial charge in [0.05, 0.1) is 6.10 Å². The first-order valence-electron chi connectivity index (χ1n) is 4.28. The fraction of sp³-hybridized carbons (Fsp3) is 0.625. The third-order valence-corrected chi connectivity index (χ3v) is 1.53. The zero-order valence-corrected chi connectivity index (χ0v) is 8.43. The summed E-state index contributed by atoms with van der Waals surface area (Å²) < 4.78 is 7.23. The van der Waals surface area contributed by atoms with Crippen LogP contribution in [0.5, 0.6) is 0 Å². The zero-order valence-electron chi connectivity index (χ0n) is 8.43. The Hall–Kier alpha value is -1.59. The Morgan fingerprint density at radius 1 is 1.64 bits per heavy atom. The lowest BCUT2D eigenvalue weighted by atomic mass is 10.5. The van der Waals surface area contributed by atoms with E-state index in [4.69, 9.17) is 4.74 Å². The fourth-order valence-electron chi connectivity index (χ4n) is 0.952. The van der Waals surface area contributed by atoms with Gasteiger partial charge in [-0.05, 0) is 13.8 Å². The van der Waals surface area contributed by atoms with Gasteiger partial charge in [-0.1, -0.05) is 0 Å². The summed E-state index contributed by atoms with van der Waals surface area (Å²) in [6, 6.07) is 0. The van der Waals surface area contributed by atoms with E-state index in [9.17, 15) is 9.59 Å². The van der Waals surface area contributed by atoms with E-state index in [0.717, 1.165) is 4.68 Å². The van der Waals surface area contributed by atoms with Crippen LogP contribution >= 0.6 is 0 Å². The quantitative estimate of drug-likeness (QED) is 0.617. The van der Waals surface area contributed by atoms with Crippen LogP contribution in [-0.4, -0.2) is 26.4 Å². The van der Waals surface area contributed by atoms with Crippen molar-refractivity contribution >= 4 is 5.97 Å². The molecule has 0 aliphatic carbocycles. The summed E-state index contributed by atoms with van der Waals surface area (Å²) in [6.45, 7) is 3.36. The summed E-state index contributed by atoms with van der Waals surface area (Å²) >= 11 is 0. The SMILES string of the molecule is CC(C)OC(=O)Cn1ncn(C)c1=O. The fourth-order valence-corrected chi connectivity index (χ4v) is 0.952. The lowest BCUT2D eigenvalue weighted by molar-refractivity contribution is -0.148. The Bertz CT molecular complexity index is 377. The summed E-state index contributed by atoms with van der Waals surface area (Å²) in [4.78, 5) is 22.4. The first-order chi connectivity index (χ1) is 6.50. The standard InChI is InChI=1S/C8H13N3O3/c1-6(2)14-7(12)4-11-8(13)10(3)5-9-11/h5-6H,4H2,1-3H3. The first-order valence-corrected chi connectivity index (χ1v) is 4.28. The highest BCUT2D eigenvalue weighted by Crippen LogP contribution is 1.90. The average molecular weight is 199 g/mol. The number of rotatable bonds is 3. The largest absolute Gasteiger partial charge is 0.462 e. The van der Waals surface area contributed by atoms with Crippen molar-refractivity contribution in [2.45, 2.75) is 26.5 Å². The summed E-state index contributed by atoms with van der Waals surface area (Å²) in [5.74, 6) is -0.458. The van der Waals surface area contributed by atoms with Gasteiger partial charge in [0.1, 0.15) is 12.9 Å². The van der Waals surface area contributed by atoms with E-state index in [1.165, 1.54) is 10.9 Å². The highest BCUT2D eigenvalue weighted by atomic mass is 16.5. The van der Waals surface area contributed by atoms with Gasteiger partial charge in [-0.3, -0.25) is 9.36 Å². The van der Waals surface area contributed by atoms with Crippen molar-refractivity contribution < 1.29 is 9.53 Å². The maximum atomic E-state index is 11.2. The minimum absolute atomic E-state index is 0.141.